The van der Waals surface area contributed by atoms with Crippen LogP contribution in [0.25, 0.3) is 22.8 Å². The van der Waals surface area contributed by atoms with E-state index in [1.165, 1.54) is 18.3 Å². The molecule has 0 N–H and O–H groups in total. The van der Waals surface area contributed by atoms with Gasteiger partial charge in [0.2, 0.25) is 5.89 Å². The van der Waals surface area contributed by atoms with Gasteiger partial charge in [0.15, 0.2) is 5.76 Å². The largest absolute Gasteiger partial charge is 1.00 e. The van der Waals surface area contributed by atoms with Crippen LogP contribution in [0.1, 0.15) is 8.35 Å². The number of aromatic nitrogens is 2. The number of thiophene rings is 1. The molecular formula is C15H13N2NaO3S2. The maximum atomic E-state index is 11.2. The molecule has 0 fully saturated rings. The average molecular weight is 356 g/mol. The van der Waals surface area contributed by atoms with E-state index in [4.69, 9.17) is 9.15 Å². The van der Waals surface area contributed by atoms with Gasteiger partial charge in [-0.15, -0.1) is 11.8 Å². The molecule has 0 aliphatic heterocycles. The molecular weight excluding hydrogens is 343 g/mol. The molecule has 5 nitrogen and oxygen atoms in total. The summed E-state index contributed by atoms with van der Waals surface area (Å²) >= 11 is 3.09. The normalized spacial score (nSPS) is 10.2. The number of carbonyl (C=O) groups is 1. The molecule has 0 aliphatic carbocycles. The van der Waals surface area contributed by atoms with Crippen LogP contribution in [-0.2, 0) is 4.79 Å². The van der Waals surface area contributed by atoms with E-state index in [1.807, 2.05) is 35.2 Å². The fourth-order valence-corrected chi connectivity index (χ4v) is 2.84. The van der Waals surface area contributed by atoms with Gasteiger partial charge in [-0.25, -0.2) is 4.98 Å². The van der Waals surface area contributed by atoms with Gasteiger partial charge in [0.1, 0.15) is 0 Å². The Morgan fingerprint density at radius 2 is 2.17 bits per heavy atom. The predicted molar refractivity (Wildman–Crippen MR) is 87.2 cm³/mol. The first kappa shape index (κ1) is 18.2. The number of hydrogen-bond acceptors (Lipinski definition) is 7. The van der Waals surface area contributed by atoms with Gasteiger partial charge in [-0.3, -0.25) is 4.79 Å². The van der Waals surface area contributed by atoms with Crippen molar-refractivity contribution in [3.05, 3.63) is 35.2 Å². The molecule has 8 heteroatoms. The van der Waals surface area contributed by atoms with Crippen molar-refractivity contribution in [2.24, 2.45) is 0 Å². The Morgan fingerprint density at radius 3 is 2.74 bits per heavy atom. The number of esters is 1. The van der Waals surface area contributed by atoms with Crippen LogP contribution in [0.3, 0.4) is 0 Å². The first-order valence-corrected chi connectivity index (χ1v) is 8.56. The number of nitrogens with zero attached hydrogens (tertiary/aromatic N) is 2. The van der Waals surface area contributed by atoms with Crippen LogP contribution in [0.5, 0.6) is 5.88 Å². The molecule has 3 heterocycles. The summed E-state index contributed by atoms with van der Waals surface area (Å²) in [5, 5.41) is 4.74. The zero-order valence-corrected chi connectivity index (χ0v) is 16.5. The van der Waals surface area contributed by atoms with Crippen molar-refractivity contribution in [1.29, 1.82) is 0 Å². The van der Waals surface area contributed by atoms with E-state index in [1.54, 1.807) is 18.0 Å². The van der Waals surface area contributed by atoms with Crippen molar-refractivity contribution in [3.8, 4) is 28.7 Å². The van der Waals surface area contributed by atoms with E-state index >= 15 is 0 Å². The van der Waals surface area contributed by atoms with Gasteiger partial charge in [-0.05, 0) is 29.8 Å². The second-order valence-electron chi connectivity index (χ2n) is 4.35. The Bertz CT molecular complexity index is 792. The molecule has 0 radical (unpaired) electrons. The molecule has 0 unspecified atom stereocenters. The molecule has 114 valence electrons. The number of carbonyl (C=O) groups excluding carboxylic acids is 1. The fraction of sp³-hybridized carbons (Fsp3) is 0.133. The third kappa shape index (κ3) is 4.24. The first-order valence-electron chi connectivity index (χ1n) is 6.39. The van der Waals surface area contributed by atoms with E-state index in [-0.39, 0.29) is 36.9 Å². The molecule has 0 aromatic carbocycles. The van der Waals surface area contributed by atoms with Crippen molar-refractivity contribution in [2.75, 3.05) is 6.26 Å². The quantitative estimate of drug-likeness (QED) is 0.398. The number of pyridine rings is 1. The van der Waals surface area contributed by atoms with Gasteiger partial charge in [-0.2, -0.15) is 16.3 Å². The van der Waals surface area contributed by atoms with Crippen LogP contribution in [0.15, 0.2) is 44.6 Å². The summed E-state index contributed by atoms with van der Waals surface area (Å²) < 4.78 is 10.9. The maximum absolute atomic E-state index is 11.2. The molecule has 0 aliphatic rings. The minimum Gasteiger partial charge on any atom is -1.00 e. The summed E-state index contributed by atoms with van der Waals surface area (Å²) in [4.78, 5) is 19.8. The van der Waals surface area contributed by atoms with E-state index in [0.29, 0.717) is 11.7 Å². The number of ether oxygens (including phenoxy) is 1. The predicted octanol–water partition coefficient (Wildman–Crippen LogP) is 1.23. The van der Waals surface area contributed by atoms with E-state index < -0.39 is 5.97 Å². The Kier molecular flexibility index (Phi) is 6.43. The topological polar surface area (TPSA) is 65.2 Å². The molecule has 23 heavy (non-hydrogen) atoms. The Morgan fingerprint density at radius 1 is 1.35 bits per heavy atom. The molecule has 0 amide bonds. The fourth-order valence-electron chi connectivity index (χ4n) is 1.84. The Hall–Kier alpha value is -1.12. The molecule has 0 atom stereocenters. The third-order valence-corrected chi connectivity index (χ3v) is 4.16. The molecule has 3 aromatic heterocycles. The molecule has 0 saturated carbocycles. The Balaban J connectivity index is 0.00000144. The number of oxazole rings is 1. The third-order valence-electron chi connectivity index (χ3n) is 2.81. The summed E-state index contributed by atoms with van der Waals surface area (Å²) in [5.74, 6) is 0.556. The van der Waals surface area contributed by atoms with Gasteiger partial charge in [0.05, 0.1) is 10.6 Å². The smallest absolute Gasteiger partial charge is 1.00 e. The van der Waals surface area contributed by atoms with Gasteiger partial charge < -0.3 is 10.6 Å². The number of hydrogen-bond donors (Lipinski definition) is 0. The van der Waals surface area contributed by atoms with Crippen LogP contribution in [0.2, 0.25) is 0 Å². The van der Waals surface area contributed by atoms with Gasteiger partial charge in [0.25, 0.3) is 5.88 Å². The summed E-state index contributed by atoms with van der Waals surface area (Å²) in [6, 6.07) is 5.65. The molecule has 3 rings (SSSR count). The summed E-state index contributed by atoms with van der Waals surface area (Å²) in [5.41, 5.74) is 1.56. The zero-order valence-electron chi connectivity index (χ0n) is 13.9. The summed E-state index contributed by atoms with van der Waals surface area (Å²) in [6.45, 7) is 1.33. The molecule has 0 bridgehead atoms. The van der Waals surface area contributed by atoms with Crippen LogP contribution in [0.4, 0.5) is 0 Å². The van der Waals surface area contributed by atoms with E-state index in [2.05, 4.69) is 9.97 Å². The van der Waals surface area contributed by atoms with Crippen molar-refractivity contribution in [3.63, 3.8) is 0 Å². The first-order chi connectivity index (χ1) is 10.7. The summed E-state index contributed by atoms with van der Waals surface area (Å²) in [7, 11) is 0. The van der Waals surface area contributed by atoms with Gasteiger partial charge in [0, 0.05) is 24.1 Å². The zero-order chi connectivity index (χ0) is 15.5. The van der Waals surface area contributed by atoms with E-state index in [0.717, 1.165) is 16.2 Å². The SMILES string of the molecule is CSc1ccc(-c2nc(OC(C)=O)c(-c3ccsc3)o2)cn1.[H-].[Na+]. The van der Waals surface area contributed by atoms with Gasteiger partial charge >= 0.3 is 35.5 Å². The van der Waals surface area contributed by atoms with E-state index in [9.17, 15) is 4.79 Å². The standard InChI is InChI=1S/C15H12N2O3S2.Na.H/c1-9(18)19-15-13(11-5-6-22-8-11)20-14(17-15)10-3-4-12(21-2)16-7-10;;/h3-8H,1-2H3;;/q;+1;-1. The minimum atomic E-state index is -0.438. The van der Waals surface area contributed by atoms with Crippen LogP contribution < -0.4 is 34.3 Å². The molecule has 0 spiro atoms. The van der Waals surface area contributed by atoms with Gasteiger partial charge in [-0.1, -0.05) is 0 Å². The number of thioether (sulfide) groups is 1. The molecule has 0 saturated heterocycles. The molecule has 3 aromatic rings. The monoisotopic (exact) mass is 356 g/mol. The van der Waals surface area contributed by atoms with Crippen molar-refractivity contribution < 1.29 is 44.9 Å². The second-order valence-corrected chi connectivity index (χ2v) is 5.95. The second kappa shape index (κ2) is 8.12. The van der Waals surface area contributed by atoms with Crippen LogP contribution in [0, 0.1) is 0 Å². The van der Waals surface area contributed by atoms with Crippen LogP contribution >= 0.6 is 23.1 Å². The Labute approximate surface area is 165 Å². The van der Waals surface area contributed by atoms with Crippen molar-refractivity contribution in [1.82, 2.24) is 9.97 Å². The maximum Gasteiger partial charge on any atom is 1.00 e. The summed E-state index contributed by atoms with van der Waals surface area (Å²) in [6.07, 6.45) is 3.65. The van der Waals surface area contributed by atoms with Crippen molar-refractivity contribution >= 4 is 29.1 Å². The number of rotatable bonds is 4. The average Bonchev–Trinajstić information content (AvgIpc) is 3.16. The van der Waals surface area contributed by atoms with Crippen LogP contribution in [-0.4, -0.2) is 22.2 Å². The van der Waals surface area contributed by atoms with Crippen molar-refractivity contribution in [2.45, 2.75) is 11.9 Å². The minimum absolute atomic E-state index is 0.